The number of imide groups is 1. The average Bonchev–Trinajstić information content (AvgIpc) is 3.21. The molecule has 9 heteroatoms. The van der Waals surface area contributed by atoms with Crippen LogP contribution in [0.4, 0.5) is 13.6 Å². The zero-order valence-electron chi connectivity index (χ0n) is 16.9. The highest BCUT2D eigenvalue weighted by molar-refractivity contribution is 6.07. The summed E-state index contributed by atoms with van der Waals surface area (Å²) in [6.07, 6.45) is 0. The molecule has 0 bridgehead atoms. The van der Waals surface area contributed by atoms with Crippen molar-refractivity contribution in [2.24, 2.45) is 0 Å². The minimum absolute atomic E-state index is 0.00348. The van der Waals surface area contributed by atoms with Gasteiger partial charge >= 0.3 is 6.03 Å². The predicted octanol–water partition coefficient (Wildman–Crippen LogP) is 1.86. The van der Waals surface area contributed by atoms with Gasteiger partial charge in [0.25, 0.3) is 5.91 Å². The number of fused-ring (bicyclic) bond motifs is 1. The van der Waals surface area contributed by atoms with E-state index in [9.17, 15) is 18.4 Å². The van der Waals surface area contributed by atoms with Gasteiger partial charge in [-0.15, -0.1) is 0 Å². The summed E-state index contributed by atoms with van der Waals surface area (Å²) in [5.41, 5.74) is 0.688. The third kappa shape index (κ3) is 3.76. The maximum Gasteiger partial charge on any atom is 0.322 e. The van der Waals surface area contributed by atoms with Gasteiger partial charge in [-0.05, 0) is 35.4 Å². The van der Waals surface area contributed by atoms with Crippen LogP contribution < -0.4 is 15.4 Å². The molecule has 1 saturated heterocycles. The topological polar surface area (TPSA) is 90.9 Å². The minimum atomic E-state index is -1.46. The van der Waals surface area contributed by atoms with E-state index in [2.05, 4.69) is 29.1 Å². The highest BCUT2D eigenvalue weighted by Crippen LogP contribution is 2.38. The molecular weight excluding hydrogens is 420 g/mol. The Balaban J connectivity index is 1.61. The van der Waals surface area contributed by atoms with Crippen LogP contribution in [0.2, 0.25) is 0 Å². The number of hydrogen-bond donors (Lipinski definition) is 3. The van der Waals surface area contributed by atoms with Gasteiger partial charge in [-0.2, -0.15) is 0 Å². The van der Waals surface area contributed by atoms with Crippen LogP contribution in [-0.4, -0.2) is 41.7 Å². The number of benzene rings is 2. The first-order chi connectivity index (χ1) is 15.3. The third-order valence-electron chi connectivity index (χ3n) is 5.42. The number of urea groups is 1. The summed E-state index contributed by atoms with van der Waals surface area (Å²) in [4.78, 5) is 26.5. The maximum absolute atomic E-state index is 14.5. The molecule has 2 aromatic carbocycles. The first-order valence-electron chi connectivity index (χ1n) is 9.70. The van der Waals surface area contributed by atoms with Crippen LogP contribution in [0, 0.1) is 23.5 Å². The van der Waals surface area contributed by atoms with Crippen molar-refractivity contribution in [3.63, 3.8) is 0 Å². The Morgan fingerprint density at radius 3 is 2.59 bits per heavy atom. The molecule has 164 valence electrons. The van der Waals surface area contributed by atoms with E-state index >= 15 is 0 Å². The zero-order chi connectivity index (χ0) is 22.9. The van der Waals surface area contributed by atoms with Gasteiger partial charge in [0, 0.05) is 17.8 Å². The monoisotopic (exact) mass is 439 g/mol. The van der Waals surface area contributed by atoms with Crippen molar-refractivity contribution >= 4 is 17.6 Å². The first kappa shape index (κ1) is 21.3. The van der Waals surface area contributed by atoms with E-state index in [1.807, 2.05) is 0 Å². The second-order valence-corrected chi connectivity index (χ2v) is 7.36. The lowest BCUT2D eigenvalue weighted by atomic mass is 9.89. The Kier molecular flexibility index (Phi) is 5.55. The fourth-order valence-electron chi connectivity index (χ4n) is 3.87. The number of aliphatic hydroxyl groups is 1. The summed E-state index contributed by atoms with van der Waals surface area (Å²) in [6.45, 7) is 3.92. The average molecular weight is 439 g/mol. The number of hydrogen-bond acceptors (Lipinski definition) is 5. The van der Waals surface area contributed by atoms with E-state index in [4.69, 9.17) is 9.84 Å². The van der Waals surface area contributed by atoms with Crippen molar-refractivity contribution in [3.8, 4) is 17.6 Å². The third-order valence-corrected chi connectivity index (χ3v) is 5.42. The molecule has 0 aliphatic carbocycles. The van der Waals surface area contributed by atoms with Crippen LogP contribution >= 0.6 is 0 Å². The highest BCUT2D eigenvalue weighted by Gasteiger charge is 2.49. The SMILES string of the molecule is C=C1c2cc(F)c(OCC#CCO)cc2CN1CC1(c2ccc(F)cc2)NC(=O)NC1=O. The summed E-state index contributed by atoms with van der Waals surface area (Å²) >= 11 is 0. The highest BCUT2D eigenvalue weighted by atomic mass is 19.1. The van der Waals surface area contributed by atoms with Crippen molar-refractivity contribution in [1.29, 1.82) is 0 Å². The fourth-order valence-corrected chi connectivity index (χ4v) is 3.87. The van der Waals surface area contributed by atoms with Crippen molar-refractivity contribution in [2.75, 3.05) is 19.8 Å². The molecule has 2 heterocycles. The molecule has 0 saturated carbocycles. The Hall–Kier alpha value is -3.90. The predicted molar refractivity (Wildman–Crippen MR) is 111 cm³/mol. The van der Waals surface area contributed by atoms with Gasteiger partial charge in [0.1, 0.15) is 19.0 Å². The van der Waals surface area contributed by atoms with E-state index in [-0.39, 0.29) is 25.5 Å². The van der Waals surface area contributed by atoms with Gasteiger partial charge in [0.05, 0.1) is 6.54 Å². The van der Waals surface area contributed by atoms with Crippen LogP contribution in [0.1, 0.15) is 16.7 Å². The molecule has 0 radical (unpaired) electrons. The van der Waals surface area contributed by atoms with Crippen molar-refractivity contribution < 1.29 is 28.2 Å². The number of nitrogens with one attached hydrogen (secondary N) is 2. The molecule has 3 N–H and O–H groups in total. The summed E-state index contributed by atoms with van der Waals surface area (Å²) in [6, 6.07) is 7.46. The summed E-state index contributed by atoms with van der Waals surface area (Å²) in [5, 5.41) is 13.6. The van der Waals surface area contributed by atoms with E-state index < -0.39 is 29.1 Å². The van der Waals surface area contributed by atoms with Crippen LogP contribution in [0.15, 0.2) is 43.0 Å². The number of halogens is 2. The van der Waals surface area contributed by atoms with Crippen LogP contribution in [-0.2, 0) is 16.9 Å². The first-order valence-corrected chi connectivity index (χ1v) is 9.70. The number of carbonyl (C=O) groups is 2. The van der Waals surface area contributed by atoms with Crippen LogP contribution in [0.25, 0.3) is 5.70 Å². The normalized spacial score (nSPS) is 19.2. The lowest BCUT2D eigenvalue weighted by Gasteiger charge is -2.32. The molecule has 2 aromatic rings. The lowest BCUT2D eigenvalue weighted by molar-refractivity contribution is -0.124. The van der Waals surface area contributed by atoms with Crippen LogP contribution in [0.3, 0.4) is 0 Å². The Morgan fingerprint density at radius 1 is 1.19 bits per heavy atom. The molecule has 1 fully saturated rings. The lowest BCUT2D eigenvalue weighted by Crippen LogP contribution is -2.51. The van der Waals surface area contributed by atoms with E-state index in [0.29, 0.717) is 23.4 Å². The van der Waals surface area contributed by atoms with Crippen LogP contribution in [0.5, 0.6) is 5.75 Å². The largest absolute Gasteiger partial charge is 0.478 e. The fraction of sp³-hybridized carbons (Fsp3) is 0.217. The van der Waals surface area contributed by atoms with Crippen molar-refractivity contribution in [3.05, 3.63) is 71.3 Å². The van der Waals surface area contributed by atoms with Gasteiger partial charge < -0.3 is 20.1 Å². The van der Waals surface area contributed by atoms with Gasteiger partial charge in [-0.1, -0.05) is 30.6 Å². The number of carbonyl (C=O) groups excluding carboxylic acids is 2. The van der Waals surface area contributed by atoms with E-state index in [0.717, 1.165) is 5.56 Å². The molecule has 7 nitrogen and oxygen atoms in total. The van der Waals surface area contributed by atoms with Gasteiger partial charge in [0.15, 0.2) is 17.1 Å². The van der Waals surface area contributed by atoms with Gasteiger partial charge in [0.2, 0.25) is 0 Å². The second-order valence-electron chi connectivity index (χ2n) is 7.36. The summed E-state index contributed by atoms with van der Waals surface area (Å²) < 4.78 is 33.3. The Morgan fingerprint density at radius 2 is 1.94 bits per heavy atom. The smallest absolute Gasteiger partial charge is 0.322 e. The molecule has 2 aliphatic heterocycles. The zero-order valence-corrected chi connectivity index (χ0v) is 16.9. The number of nitrogens with zero attached hydrogens (tertiary/aromatic N) is 1. The summed E-state index contributed by atoms with van der Waals surface area (Å²) in [5.74, 6) is 3.33. The molecule has 2 aliphatic rings. The van der Waals surface area contributed by atoms with Gasteiger partial charge in [-0.3, -0.25) is 10.1 Å². The molecule has 0 aromatic heterocycles. The summed E-state index contributed by atoms with van der Waals surface area (Å²) in [7, 11) is 0. The molecule has 0 spiro atoms. The van der Waals surface area contributed by atoms with E-state index in [1.165, 1.54) is 36.4 Å². The molecular formula is C23H19F2N3O4. The number of aliphatic hydroxyl groups excluding tert-OH is 1. The van der Waals surface area contributed by atoms with Gasteiger partial charge in [-0.25, -0.2) is 13.6 Å². The Labute approximate surface area is 182 Å². The standard InChI is InChI=1S/C23H19F2N3O4/c1-14-18-11-19(25)20(32-9-3-2-8-29)10-15(18)12-28(14)13-23(21(30)26-22(31)27-23)16-4-6-17(24)7-5-16/h4-7,10-11,29H,1,8-9,12-13H2,(H2,26,27,30,31). The molecule has 4 rings (SSSR count). The molecule has 32 heavy (non-hydrogen) atoms. The number of amides is 3. The molecule has 1 unspecified atom stereocenters. The maximum atomic E-state index is 14.5. The molecule has 3 amide bonds. The molecule has 1 atom stereocenters. The minimum Gasteiger partial charge on any atom is -0.478 e. The number of rotatable bonds is 5. The Bertz CT molecular complexity index is 1170. The van der Waals surface area contributed by atoms with Crippen molar-refractivity contribution in [2.45, 2.75) is 12.1 Å². The van der Waals surface area contributed by atoms with E-state index in [1.54, 1.807) is 4.90 Å². The van der Waals surface area contributed by atoms with Crippen molar-refractivity contribution in [1.82, 2.24) is 15.5 Å². The number of ether oxygens (including phenoxy) is 1. The second kappa shape index (κ2) is 8.32. The quantitative estimate of drug-likeness (QED) is 0.489.